The van der Waals surface area contributed by atoms with Crippen LogP contribution in [0.2, 0.25) is 0 Å². The summed E-state index contributed by atoms with van der Waals surface area (Å²) in [7, 11) is 1.40. The van der Waals surface area contributed by atoms with Gasteiger partial charge in [0.2, 0.25) is 0 Å². The van der Waals surface area contributed by atoms with Crippen molar-refractivity contribution in [3.63, 3.8) is 0 Å². The van der Waals surface area contributed by atoms with E-state index >= 15 is 0 Å². The molecule has 0 bridgehead atoms. The number of nitrogens with zero attached hydrogens (tertiary/aromatic N) is 5. The molecule has 9 heteroatoms. The number of ether oxygens (including phenoxy) is 1. The quantitative estimate of drug-likeness (QED) is 0.546. The van der Waals surface area contributed by atoms with E-state index in [0.717, 1.165) is 11.3 Å². The summed E-state index contributed by atoms with van der Waals surface area (Å²) in [4.78, 5) is 18.8. The van der Waals surface area contributed by atoms with Crippen LogP contribution in [-0.4, -0.2) is 31.8 Å². The molecular weight excluding hydrogens is 312 g/mol. The Balaban J connectivity index is 1.82. The third kappa shape index (κ3) is 3.14. The number of hydrogen-bond donors (Lipinski definition) is 1. The topological polar surface area (TPSA) is 108 Å². The number of anilines is 1. The Morgan fingerprint density at radius 2 is 2.25 bits per heavy atom. The highest BCUT2D eigenvalue weighted by Gasteiger charge is 2.15. The summed E-state index contributed by atoms with van der Waals surface area (Å²) in [6.45, 7) is 0.387. The number of nitrogens with one attached hydrogen (secondary N) is 1. The zero-order valence-corrected chi connectivity index (χ0v) is 12.8. The SMILES string of the molecule is COc1ccc(CNc2cccnc2-n2cncn2)cc1[N+](=O)[O-]. The van der Waals surface area contributed by atoms with Gasteiger partial charge in [-0.05, 0) is 23.8 Å². The van der Waals surface area contributed by atoms with Crippen molar-refractivity contribution in [3.05, 3.63) is 64.9 Å². The Labute approximate surface area is 137 Å². The van der Waals surface area contributed by atoms with Gasteiger partial charge in [-0.15, -0.1) is 0 Å². The number of pyridine rings is 1. The summed E-state index contributed by atoms with van der Waals surface area (Å²) in [5, 5.41) is 18.4. The van der Waals surface area contributed by atoms with Crippen molar-refractivity contribution in [2.45, 2.75) is 6.54 Å². The largest absolute Gasteiger partial charge is 0.490 e. The lowest BCUT2D eigenvalue weighted by Crippen LogP contribution is -2.07. The second-order valence-corrected chi connectivity index (χ2v) is 4.83. The van der Waals surface area contributed by atoms with Gasteiger partial charge in [-0.2, -0.15) is 5.10 Å². The maximum Gasteiger partial charge on any atom is 0.311 e. The fraction of sp³-hybridized carbons (Fsp3) is 0.133. The standard InChI is InChI=1S/C15H14N6O3/c1-24-14-5-4-11(7-13(14)21(22)23)8-18-12-3-2-6-17-15(12)20-10-16-9-19-20/h2-7,9-10,18H,8H2,1H3. The van der Waals surface area contributed by atoms with Crippen LogP contribution in [-0.2, 0) is 6.54 Å². The summed E-state index contributed by atoms with van der Waals surface area (Å²) in [5.41, 5.74) is 1.41. The van der Waals surface area contributed by atoms with E-state index in [1.165, 1.54) is 19.5 Å². The summed E-state index contributed by atoms with van der Waals surface area (Å²) >= 11 is 0. The van der Waals surface area contributed by atoms with E-state index in [4.69, 9.17) is 4.74 Å². The van der Waals surface area contributed by atoms with E-state index in [9.17, 15) is 10.1 Å². The van der Waals surface area contributed by atoms with Crippen molar-refractivity contribution in [1.82, 2.24) is 19.7 Å². The van der Waals surface area contributed by atoms with E-state index < -0.39 is 4.92 Å². The van der Waals surface area contributed by atoms with Gasteiger partial charge in [0.15, 0.2) is 11.6 Å². The van der Waals surface area contributed by atoms with Gasteiger partial charge in [0.25, 0.3) is 0 Å². The molecule has 0 amide bonds. The second-order valence-electron chi connectivity index (χ2n) is 4.83. The Morgan fingerprint density at radius 1 is 1.38 bits per heavy atom. The van der Waals surface area contributed by atoms with Gasteiger partial charge >= 0.3 is 5.69 Å². The lowest BCUT2D eigenvalue weighted by Gasteiger charge is -2.11. The predicted octanol–water partition coefficient (Wildman–Crippen LogP) is 2.19. The van der Waals surface area contributed by atoms with Gasteiger partial charge < -0.3 is 10.1 Å². The molecule has 1 N–H and O–H groups in total. The molecule has 0 aliphatic rings. The highest BCUT2D eigenvalue weighted by Crippen LogP contribution is 2.28. The van der Waals surface area contributed by atoms with E-state index in [-0.39, 0.29) is 11.4 Å². The molecule has 9 nitrogen and oxygen atoms in total. The number of methoxy groups -OCH3 is 1. The maximum absolute atomic E-state index is 11.1. The first-order chi connectivity index (χ1) is 11.7. The number of benzene rings is 1. The van der Waals surface area contributed by atoms with E-state index in [0.29, 0.717) is 12.4 Å². The van der Waals surface area contributed by atoms with Gasteiger partial charge in [0.1, 0.15) is 12.7 Å². The minimum Gasteiger partial charge on any atom is -0.490 e. The summed E-state index contributed by atoms with van der Waals surface area (Å²) in [6, 6.07) is 8.47. The van der Waals surface area contributed by atoms with Crippen LogP contribution in [0.5, 0.6) is 5.75 Å². The molecule has 3 rings (SSSR count). The first-order valence-electron chi connectivity index (χ1n) is 7.04. The van der Waals surface area contributed by atoms with Crippen LogP contribution in [0.3, 0.4) is 0 Å². The predicted molar refractivity (Wildman–Crippen MR) is 86.1 cm³/mol. The molecule has 0 atom stereocenters. The molecular formula is C15H14N6O3. The minimum absolute atomic E-state index is 0.0699. The fourth-order valence-electron chi connectivity index (χ4n) is 2.22. The number of nitro benzene ring substituents is 1. The minimum atomic E-state index is -0.465. The van der Waals surface area contributed by atoms with Crippen LogP contribution in [0, 0.1) is 10.1 Å². The molecule has 122 valence electrons. The van der Waals surface area contributed by atoms with Gasteiger partial charge in [0.05, 0.1) is 17.7 Å². The molecule has 0 fully saturated rings. The zero-order chi connectivity index (χ0) is 16.9. The monoisotopic (exact) mass is 326 g/mol. The summed E-state index contributed by atoms with van der Waals surface area (Å²) in [6.07, 6.45) is 4.62. The first kappa shape index (κ1) is 15.4. The molecule has 0 spiro atoms. The van der Waals surface area contributed by atoms with Crippen LogP contribution < -0.4 is 10.1 Å². The second kappa shape index (κ2) is 6.73. The normalized spacial score (nSPS) is 10.4. The number of rotatable bonds is 6. The van der Waals surface area contributed by atoms with E-state index in [2.05, 4.69) is 20.4 Å². The Bertz CT molecular complexity index is 850. The Kier molecular flexibility index (Phi) is 4.32. The van der Waals surface area contributed by atoms with Crippen LogP contribution in [0.15, 0.2) is 49.2 Å². The maximum atomic E-state index is 11.1. The third-order valence-corrected chi connectivity index (χ3v) is 3.35. The van der Waals surface area contributed by atoms with E-state index in [1.54, 1.807) is 35.4 Å². The highest BCUT2D eigenvalue weighted by molar-refractivity contribution is 5.57. The molecule has 0 saturated carbocycles. The van der Waals surface area contributed by atoms with Crippen molar-refractivity contribution in [2.75, 3.05) is 12.4 Å². The molecule has 0 unspecified atom stereocenters. The molecule has 0 aliphatic carbocycles. The van der Waals surface area contributed by atoms with Crippen LogP contribution in [0.4, 0.5) is 11.4 Å². The smallest absolute Gasteiger partial charge is 0.311 e. The molecule has 3 aromatic rings. The lowest BCUT2D eigenvalue weighted by atomic mass is 10.2. The van der Waals surface area contributed by atoms with Crippen molar-refractivity contribution in [1.29, 1.82) is 0 Å². The van der Waals surface area contributed by atoms with Gasteiger partial charge in [-0.3, -0.25) is 10.1 Å². The Hall–Kier alpha value is -3.49. The summed E-state index contributed by atoms with van der Waals surface area (Å²) < 4.78 is 6.54. The van der Waals surface area contributed by atoms with Gasteiger partial charge in [0, 0.05) is 18.8 Å². The molecule has 2 aromatic heterocycles. The van der Waals surface area contributed by atoms with Crippen LogP contribution >= 0.6 is 0 Å². The average Bonchev–Trinajstić information content (AvgIpc) is 3.14. The number of nitro groups is 1. The number of hydrogen-bond acceptors (Lipinski definition) is 7. The van der Waals surface area contributed by atoms with Crippen molar-refractivity contribution >= 4 is 11.4 Å². The summed E-state index contributed by atoms with van der Waals surface area (Å²) in [5.74, 6) is 0.825. The Morgan fingerprint density at radius 3 is 2.96 bits per heavy atom. The zero-order valence-electron chi connectivity index (χ0n) is 12.8. The van der Waals surface area contributed by atoms with Crippen molar-refractivity contribution < 1.29 is 9.66 Å². The van der Waals surface area contributed by atoms with Crippen LogP contribution in [0.25, 0.3) is 5.82 Å². The fourth-order valence-corrected chi connectivity index (χ4v) is 2.22. The molecule has 0 saturated heterocycles. The van der Waals surface area contributed by atoms with Gasteiger partial charge in [-0.1, -0.05) is 6.07 Å². The molecule has 0 aliphatic heterocycles. The molecule has 2 heterocycles. The number of aromatic nitrogens is 4. The first-order valence-corrected chi connectivity index (χ1v) is 7.04. The highest BCUT2D eigenvalue weighted by atomic mass is 16.6. The average molecular weight is 326 g/mol. The van der Waals surface area contributed by atoms with E-state index in [1.807, 2.05) is 6.07 Å². The van der Waals surface area contributed by atoms with Crippen molar-refractivity contribution in [3.8, 4) is 11.6 Å². The molecule has 24 heavy (non-hydrogen) atoms. The third-order valence-electron chi connectivity index (χ3n) is 3.35. The van der Waals surface area contributed by atoms with Gasteiger partial charge in [-0.25, -0.2) is 14.6 Å². The van der Waals surface area contributed by atoms with Crippen molar-refractivity contribution in [2.24, 2.45) is 0 Å². The molecule has 0 radical (unpaired) electrons. The van der Waals surface area contributed by atoms with Crippen LogP contribution in [0.1, 0.15) is 5.56 Å². The lowest BCUT2D eigenvalue weighted by molar-refractivity contribution is -0.385. The molecule has 1 aromatic carbocycles.